The van der Waals surface area contributed by atoms with E-state index in [-0.39, 0.29) is 29.8 Å². The smallest absolute Gasteiger partial charge is 0.162 e. The van der Waals surface area contributed by atoms with E-state index in [1.54, 1.807) is 24.3 Å². The molecule has 28 heavy (non-hydrogen) atoms. The minimum atomic E-state index is -0.317. The van der Waals surface area contributed by atoms with E-state index < -0.39 is 0 Å². The van der Waals surface area contributed by atoms with Crippen LogP contribution in [0.15, 0.2) is 48.5 Å². The van der Waals surface area contributed by atoms with E-state index in [1.807, 2.05) is 12.1 Å². The highest BCUT2D eigenvalue weighted by Gasteiger charge is 2.22. The molecule has 0 aliphatic heterocycles. The van der Waals surface area contributed by atoms with E-state index in [0.29, 0.717) is 23.8 Å². The standard InChI is InChI=1S/C23H27F2NO.ClH/c24-21-11-7-19(8-12-21)18-5-3-17(4-6-18)16-26-15-1-2-23(27)20-9-13-22(25)14-10-20;/h7-14,17-18,26H,1-6,15-16H2;1H. The number of halogens is 3. The Morgan fingerprint density at radius 1 is 0.893 bits per heavy atom. The molecule has 2 nitrogen and oxygen atoms in total. The Balaban J connectivity index is 0.00000280. The summed E-state index contributed by atoms with van der Waals surface area (Å²) in [5.41, 5.74) is 1.83. The minimum absolute atomic E-state index is 0. The molecule has 1 fully saturated rings. The van der Waals surface area contributed by atoms with Crippen LogP contribution in [0.2, 0.25) is 0 Å². The number of Topliss-reactive ketones (excluding diaryl/α,β-unsaturated/α-hetero) is 1. The average molecular weight is 408 g/mol. The molecule has 1 aliphatic rings. The van der Waals surface area contributed by atoms with Crippen molar-refractivity contribution in [2.75, 3.05) is 13.1 Å². The van der Waals surface area contributed by atoms with E-state index >= 15 is 0 Å². The van der Waals surface area contributed by atoms with E-state index in [4.69, 9.17) is 0 Å². The van der Waals surface area contributed by atoms with Crippen molar-refractivity contribution in [1.82, 2.24) is 5.32 Å². The van der Waals surface area contributed by atoms with Gasteiger partial charge in [0.2, 0.25) is 0 Å². The summed E-state index contributed by atoms with van der Waals surface area (Å²) in [6.07, 6.45) is 5.95. The zero-order valence-electron chi connectivity index (χ0n) is 16.0. The minimum Gasteiger partial charge on any atom is -0.316 e. The first-order chi connectivity index (χ1) is 13.1. The lowest BCUT2D eigenvalue weighted by Crippen LogP contribution is -2.27. The van der Waals surface area contributed by atoms with Gasteiger partial charge in [-0.1, -0.05) is 12.1 Å². The number of benzene rings is 2. The second-order valence-corrected chi connectivity index (χ2v) is 7.51. The third-order valence-corrected chi connectivity index (χ3v) is 5.54. The fourth-order valence-corrected chi connectivity index (χ4v) is 3.90. The largest absolute Gasteiger partial charge is 0.316 e. The Morgan fingerprint density at radius 3 is 2.07 bits per heavy atom. The second-order valence-electron chi connectivity index (χ2n) is 7.51. The first-order valence-electron chi connectivity index (χ1n) is 9.87. The third-order valence-electron chi connectivity index (χ3n) is 5.54. The van der Waals surface area contributed by atoms with Crippen molar-refractivity contribution in [3.63, 3.8) is 0 Å². The number of hydrogen-bond donors (Lipinski definition) is 1. The van der Waals surface area contributed by atoms with E-state index in [9.17, 15) is 13.6 Å². The molecular formula is C23H28ClF2NO. The summed E-state index contributed by atoms with van der Waals surface area (Å²) in [6.45, 7) is 1.81. The molecule has 152 valence electrons. The third kappa shape index (κ3) is 6.68. The van der Waals surface area contributed by atoms with Crippen molar-refractivity contribution in [1.29, 1.82) is 0 Å². The number of hydrogen-bond acceptors (Lipinski definition) is 2. The normalized spacial score (nSPS) is 19.1. The molecule has 0 amide bonds. The summed E-state index contributed by atoms with van der Waals surface area (Å²) in [5, 5.41) is 3.47. The van der Waals surface area contributed by atoms with Crippen LogP contribution in [0, 0.1) is 17.6 Å². The lowest BCUT2D eigenvalue weighted by Gasteiger charge is -2.29. The maximum absolute atomic E-state index is 13.0. The van der Waals surface area contributed by atoms with Gasteiger partial charge in [-0.25, -0.2) is 8.78 Å². The molecule has 0 unspecified atom stereocenters. The molecule has 2 aromatic carbocycles. The summed E-state index contributed by atoms with van der Waals surface area (Å²) in [7, 11) is 0. The Bertz CT molecular complexity index is 725. The molecule has 0 saturated heterocycles. The van der Waals surface area contributed by atoms with Crippen molar-refractivity contribution >= 4 is 18.2 Å². The molecule has 0 atom stereocenters. The molecule has 0 aromatic heterocycles. The highest BCUT2D eigenvalue weighted by atomic mass is 35.5. The Labute approximate surface area is 172 Å². The average Bonchev–Trinajstić information content (AvgIpc) is 2.69. The van der Waals surface area contributed by atoms with Crippen LogP contribution in [0.25, 0.3) is 0 Å². The summed E-state index contributed by atoms with van der Waals surface area (Å²) >= 11 is 0. The molecule has 1 saturated carbocycles. The molecular weight excluding hydrogens is 380 g/mol. The molecule has 0 bridgehead atoms. The van der Waals surface area contributed by atoms with Crippen LogP contribution < -0.4 is 5.32 Å². The molecule has 2 aromatic rings. The summed E-state index contributed by atoms with van der Waals surface area (Å²) in [6, 6.07) is 12.7. The van der Waals surface area contributed by atoms with Gasteiger partial charge in [0, 0.05) is 12.0 Å². The molecule has 0 radical (unpaired) electrons. The van der Waals surface area contributed by atoms with Gasteiger partial charge in [0.25, 0.3) is 0 Å². The van der Waals surface area contributed by atoms with Gasteiger partial charge in [-0.3, -0.25) is 4.79 Å². The predicted octanol–water partition coefficient (Wildman–Crippen LogP) is 5.91. The number of nitrogens with one attached hydrogen (secondary N) is 1. The predicted molar refractivity (Wildman–Crippen MR) is 111 cm³/mol. The first kappa shape index (κ1) is 22.5. The van der Waals surface area contributed by atoms with Gasteiger partial charge < -0.3 is 5.32 Å². The Kier molecular flexibility index (Phi) is 9.07. The Hall–Kier alpha value is -1.78. The van der Waals surface area contributed by atoms with Crippen molar-refractivity contribution in [3.8, 4) is 0 Å². The van der Waals surface area contributed by atoms with Crippen LogP contribution in [0.5, 0.6) is 0 Å². The van der Waals surface area contributed by atoms with Crippen LogP contribution in [0.4, 0.5) is 8.78 Å². The summed E-state index contributed by atoms with van der Waals surface area (Å²) < 4.78 is 25.9. The van der Waals surface area contributed by atoms with Crippen LogP contribution in [0.3, 0.4) is 0 Å². The van der Waals surface area contributed by atoms with Crippen molar-refractivity contribution in [3.05, 3.63) is 71.3 Å². The molecule has 1 N–H and O–H groups in total. The number of carbonyl (C=O) groups is 1. The highest BCUT2D eigenvalue weighted by Crippen LogP contribution is 2.35. The molecule has 5 heteroatoms. The lowest BCUT2D eigenvalue weighted by atomic mass is 9.78. The van der Waals surface area contributed by atoms with E-state index in [2.05, 4.69) is 5.32 Å². The van der Waals surface area contributed by atoms with Crippen LogP contribution in [-0.4, -0.2) is 18.9 Å². The Morgan fingerprint density at radius 2 is 1.46 bits per heavy atom. The monoisotopic (exact) mass is 407 g/mol. The molecule has 0 heterocycles. The van der Waals surface area contributed by atoms with Crippen molar-refractivity contribution < 1.29 is 13.6 Å². The highest BCUT2D eigenvalue weighted by molar-refractivity contribution is 5.95. The van der Waals surface area contributed by atoms with Gasteiger partial charge in [0.15, 0.2) is 5.78 Å². The van der Waals surface area contributed by atoms with Crippen LogP contribution in [-0.2, 0) is 0 Å². The van der Waals surface area contributed by atoms with E-state index in [1.165, 1.54) is 30.5 Å². The zero-order valence-corrected chi connectivity index (χ0v) is 16.8. The van der Waals surface area contributed by atoms with E-state index in [0.717, 1.165) is 32.4 Å². The summed E-state index contributed by atoms with van der Waals surface area (Å²) in [5.74, 6) is 0.804. The lowest BCUT2D eigenvalue weighted by molar-refractivity contribution is 0.0980. The fraction of sp³-hybridized carbons (Fsp3) is 0.435. The molecule has 0 spiro atoms. The van der Waals surface area contributed by atoms with Gasteiger partial charge in [-0.05, 0) is 99.0 Å². The quantitative estimate of drug-likeness (QED) is 0.435. The molecule has 3 rings (SSSR count). The topological polar surface area (TPSA) is 29.1 Å². The van der Waals surface area contributed by atoms with Gasteiger partial charge in [-0.15, -0.1) is 12.4 Å². The maximum Gasteiger partial charge on any atom is 0.162 e. The van der Waals surface area contributed by atoms with Crippen LogP contribution >= 0.6 is 12.4 Å². The van der Waals surface area contributed by atoms with Gasteiger partial charge >= 0.3 is 0 Å². The van der Waals surface area contributed by atoms with Crippen LogP contribution in [0.1, 0.15) is 60.4 Å². The number of carbonyl (C=O) groups excluding carboxylic acids is 1. The van der Waals surface area contributed by atoms with Gasteiger partial charge in [0.05, 0.1) is 0 Å². The zero-order chi connectivity index (χ0) is 19.1. The fourth-order valence-electron chi connectivity index (χ4n) is 3.90. The summed E-state index contributed by atoms with van der Waals surface area (Å²) in [4.78, 5) is 12.0. The van der Waals surface area contributed by atoms with Gasteiger partial charge in [-0.2, -0.15) is 0 Å². The van der Waals surface area contributed by atoms with Crippen molar-refractivity contribution in [2.24, 2.45) is 5.92 Å². The number of ketones is 1. The SMILES string of the molecule is Cl.O=C(CCCNCC1CCC(c2ccc(F)cc2)CC1)c1ccc(F)cc1. The van der Waals surface area contributed by atoms with Gasteiger partial charge in [0.1, 0.15) is 11.6 Å². The van der Waals surface area contributed by atoms with Crippen molar-refractivity contribution in [2.45, 2.75) is 44.4 Å². The molecule has 1 aliphatic carbocycles. The maximum atomic E-state index is 13.0. The number of rotatable bonds is 8. The first-order valence-corrected chi connectivity index (χ1v) is 9.87. The second kappa shape index (κ2) is 11.3.